The van der Waals surface area contributed by atoms with Gasteiger partial charge in [-0.2, -0.15) is 4.98 Å². The lowest BCUT2D eigenvalue weighted by Gasteiger charge is -2.48. The number of methoxy groups -OCH3 is 1. The van der Waals surface area contributed by atoms with Crippen molar-refractivity contribution < 1.29 is 22.5 Å². The van der Waals surface area contributed by atoms with Crippen molar-refractivity contribution >= 4 is 15.9 Å². The first-order valence-corrected chi connectivity index (χ1v) is 10.7. The molecule has 2 amide bonds. The second-order valence-electron chi connectivity index (χ2n) is 7.21. The van der Waals surface area contributed by atoms with E-state index in [1.165, 1.54) is 11.9 Å². The highest BCUT2D eigenvalue weighted by atomic mass is 32.2. The SMILES string of the molecule is CNC(=O)N1CC2(C1)C(c1nc(Cc3ccc(OC)cc3)no1)CCS2(=O)=O. The maximum Gasteiger partial charge on any atom is 0.317 e. The second kappa shape index (κ2) is 6.77. The fourth-order valence-corrected chi connectivity index (χ4v) is 6.34. The van der Waals surface area contributed by atoms with E-state index in [0.717, 1.165) is 11.3 Å². The zero-order valence-corrected chi connectivity index (χ0v) is 16.5. The van der Waals surface area contributed by atoms with Crippen LogP contribution in [-0.4, -0.2) is 67.2 Å². The van der Waals surface area contributed by atoms with Crippen molar-refractivity contribution in [3.05, 3.63) is 41.5 Å². The van der Waals surface area contributed by atoms with E-state index in [-0.39, 0.29) is 24.9 Å². The molecule has 1 aromatic carbocycles. The van der Waals surface area contributed by atoms with E-state index in [1.807, 2.05) is 24.3 Å². The molecule has 9 nitrogen and oxygen atoms in total. The molecule has 1 atom stereocenters. The van der Waals surface area contributed by atoms with Crippen LogP contribution >= 0.6 is 0 Å². The number of nitrogens with one attached hydrogen (secondary N) is 1. The fraction of sp³-hybridized carbons (Fsp3) is 0.500. The van der Waals surface area contributed by atoms with Gasteiger partial charge in [-0.25, -0.2) is 13.2 Å². The molecule has 0 radical (unpaired) electrons. The summed E-state index contributed by atoms with van der Waals surface area (Å²) in [6.07, 6.45) is 0.901. The Bertz CT molecular complexity index is 980. The number of carbonyl (C=O) groups is 1. The maximum absolute atomic E-state index is 12.7. The zero-order chi connectivity index (χ0) is 19.9. The number of likely N-dealkylation sites (tertiary alicyclic amines) is 1. The number of ether oxygens (including phenoxy) is 1. The Kier molecular flexibility index (Phi) is 4.53. The third-order valence-electron chi connectivity index (χ3n) is 5.65. The van der Waals surface area contributed by atoms with E-state index in [9.17, 15) is 13.2 Å². The van der Waals surface area contributed by atoms with Gasteiger partial charge in [0.2, 0.25) is 5.89 Å². The quantitative estimate of drug-likeness (QED) is 0.804. The molecule has 2 saturated heterocycles. The Morgan fingerprint density at radius 2 is 2.07 bits per heavy atom. The molecule has 3 heterocycles. The summed E-state index contributed by atoms with van der Waals surface area (Å²) in [4.78, 5) is 17.8. The summed E-state index contributed by atoms with van der Waals surface area (Å²) < 4.78 is 35.0. The van der Waals surface area contributed by atoms with Crippen LogP contribution in [0.4, 0.5) is 4.79 Å². The molecule has 1 spiro atoms. The first kappa shape index (κ1) is 18.7. The highest BCUT2D eigenvalue weighted by Gasteiger charge is 2.64. The van der Waals surface area contributed by atoms with Gasteiger partial charge in [0.1, 0.15) is 10.5 Å². The predicted octanol–water partition coefficient (Wildman–Crippen LogP) is 0.965. The number of sulfone groups is 1. The largest absolute Gasteiger partial charge is 0.497 e. The van der Waals surface area contributed by atoms with E-state index in [1.54, 1.807) is 7.11 Å². The average molecular weight is 406 g/mol. The minimum absolute atomic E-state index is 0.0649. The molecule has 1 unspecified atom stereocenters. The summed E-state index contributed by atoms with van der Waals surface area (Å²) in [6.45, 7) is 0.297. The zero-order valence-electron chi connectivity index (χ0n) is 15.7. The molecular weight excluding hydrogens is 384 g/mol. The van der Waals surface area contributed by atoms with E-state index in [2.05, 4.69) is 15.5 Å². The van der Waals surface area contributed by atoms with Gasteiger partial charge in [-0.3, -0.25) is 0 Å². The summed E-state index contributed by atoms with van der Waals surface area (Å²) in [6, 6.07) is 7.28. The number of carbonyl (C=O) groups excluding carboxylic acids is 1. The summed E-state index contributed by atoms with van der Waals surface area (Å²) in [5.74, 6) is 1.27. The van der Waals surface area contributed by atoms with E-state index < -0.39 is 20.5 Å². The van der Waals surface area contributed by atoms with Gasteiger partial charge in [-0.05, 0) is 24.1 Å². The molecule has 28 heavy (non-hydrogen) atoms. The highest BCUT2D eigenvalue weighted by molar-refractivity contribution is 7.93. The molecule has 2 aliphatic rings. The van der Waals surface area contributed by atoms with E-state index in [0.29, 0.717) is 24.6 Å². The number of amides is 2. The van der Waals surface area contributed by atoms with Crippen molar-refractivity contribution in [3.63, 3.8) is 0 Å². The molecule has 1 aromatic heterocycles. The second-order valence-corrected chi connectivity index (χ2v) is 9.66. The lowest BCUT2D eigenvalue weighted by Crippen LogP contribution is -2.68. The van der Waals surface area contributed by atoms with Gasteiger partial charge in [0.05, 0.1) is 18.8 Å². The van der Waals surface area contributed by atoms with Crippen molar-refractivity contribution in [1.29, 1.82) is 0 Å². The van der Waals surface area contributed by atoms with Gasteiger partial charge in [-0.1, -0.05) is 17.3 Å². The van der Waals surface area contributed by atoms with Gasteiger partial charge < -0.3 is 19.5 Å². The van der Waals surface area contributed by atoms with Crippen LogP contribution in [0.3, 0.4) is 0 Å². The standard InChI is InChI=1S/C18H22N4O5S/c1-19-17(23)22-10-18(11-22)14(7-8-28(18,24)25)16-20-15(21-27-16)9-12-3-5-13(26-2)6-4-12/h3-6,14H,7-11H2,1-2H3,(H,19,23). The Hall–Kier alpha value is -2.62. The van der Waals surface area contributed by atoms with Crippen LogP contribution in [0.2, 0.25) is 0 Å². The Labute approximate surface area is 163 Å². The number of rotatable bonds is 4. The number of benzene rings is 1. The molecule has 150 valence electrons. The van der Waals surface area contributed by atoms with Gasteiger partial charge in [0.25, 0.3) is 0 Å². The van der Waals surface area contributed by atoms with Crippen LogP contribution in [0, 0.1) is 0 Å². The third kappa shape index (κ3) is 2.92. The number of hydrogen-bond donors (Lipinski definition) is 1. The molecule has 2 fully saturated rings. The molecule has 2 aromatic rings. The molecule has 0 saturated carbocycles. The van der Waals surface area contributed by atoms with Crippen molar-refractivity contribution in [2.24, 2.45) is 0 Å². The molecule has 0 bridgehead atoms. The average Bonchev–Trinajstić information content (AvgIpc) is 3.21. The maximum atomic E-state index is 12.7. The summed E-state index contributed by atoms with van der Waals surface area (Å²) in [5.41, 5.74) is 0.997. The van der Waals surface area contributed by atoms with Crippen molar-refractivity contribution in [2.45, 2.75) is 23.5 Å². The Morgan fingerprint density at radius 1 is 1.36 bits per heavy atom. The first-order valence-electron chi connectivity index (χ1n) is 9.03. The van der Waals surface area contributed by atoms with Gasteiger partial charge in [-0.15, -0.1) is 0 Å². The van der Waals surface area contributed by atoms with Crippen LogP contribution in [0.5, 0.6) is 5.75 Å². The van der Waals surface area contributed by atoms with Crippen LogP contribution in [-0.2, 0) is 16.3 Å². The van der Waals surface area contributed by atoms with Crippen LogP contribution in [0.25, 0.3) is 0 Å². The topological polar surface area (TPSA) is 115 Å². The third-order valence-corrected chi connectivity index (χ3v) is 8.21. The van der Waals surface area contributed by atoms with Crippen LogP contribution in [0.15, 0.2) is 28.8 Å². The van der Waals surface area contributed by atoms with E-state index in [4.69, 9.17) is 9.26 Å². The smallest absolute Gasteiger partial charge is 0.317 e. The normalized spacial score (nSPS) is 22.1. The number of urea groups is 1. The summed E-state index contributed by atoms with van der Waals surface area (Å²) in [7, 11) is -0.209. The van der Waals surface area contributed by atoms with Crippen LogP contribution < -0.4 is 10.1 Å². The van der Waals surface area contributed by atoms with Crippen molar-refractivity contribution in [1.82, 2.24) is 20.4 Å². The monoisotopic (exact) mass is 406 g/mol. The number of nitrogens with zero attached hydrogens (tertiary/aromatic N) is 3. The van der Waals surface area contributed by atoms with Crippen molar-refractivity contribution in [2.75, 3.05) is 33.0 Å². The molecule has 4 rings (SSSR count). The summed E-state index contributed by atoms with van der Waals surface area (Å²) >= 11 is 0. The molecule has 0 aliphatic carbocycles. The molecule has 1 N–H and O–H groups in total. The van der Waals surface area contributed by atoms with Crippen molar-refractivity contribution in [3.8, 4) is 5.75 Å². The van der Waals surface area contributed by atoms with Gasteiger partial charge in [0, 0.05) is 26.6 Å². The minimum atomic E-state index is -3.34. The van der Waals surface area contributed by atoms with Gasteiger partial charge >= 0.3 is 6.03 Å². The first-order chi connectivity index (χ1) is 13.4. The lowest BCUT2D eigenvalue weighted by molar-refractivity contribution is 0.118. The Morgan fingerprint density at radius 3 is 2.71 bits per heavy atom. The minimum Gasteiger partial charge on any atom is -0.497 e. The van der Waals surface area contributed by atoms with Gasteiger partial charge in [0.15, 0.2) is 15.7 Å². The fourth-order valence-electron chi connectivity index (χ4n) is 4.03. The molecule has 10 heteroatoms. The Balaban J connectivity index is 1.53. The highest BCUT2D eigenvalue weighted by Crippen LogP contribution is 2.49. The predicted molar refractivity (Wildman–Crippen MR) is 100 cm³/mol. The molecular formula is C18H22N4O5S. The number of aromatic nitrogens is 2. The summed E-state index contributed by atoms with van der Waals surface area (Å²) in [5, 5.41) is 6.56. The van der Waals surface area contributed by atoms with E-state index >= 15 is 0 Å². The number of hydrogen-bond acceptors (Lipinski definition) is 7. The molecule has 2 aliphatic heterocycles. The van der Waals surface area contributed by atoms with Crippen LogP contribution in [0.1, 0.15) is 29.6 Å². The lowest BCUT2D eigenvalue weighted by atomic mass is 9.83.